The van der Waals surface area contributed by atoms with E-state index in [9.17, 15) is 4.79 Å². The second-order valence-electron chi connectivity index (χ2n) is 5.54. The molecule has 0 fully saturated rings. The lowest BCUT2D eigenvalue weighted by Crippen LogP contribution is -2.14. The van der Waals surface area contributed by atoms with Crippen LogP contribution in [0.3, 0.4) is 0 Å². The van der Waals surface area contributed by atoms with E-state index in [0.29, 0.717) is 0 Å². The first kappa shape index (κ1) is 15.8. The van der Waals surface area contributed by atoms with E-state index in [1.165, 1.54) is 22.3 Å². The molecule has 0 aliphatic carbocycles. The van der Waals surface area contributed by atoms with E-state index in [0.717, 1.165) is 11.3 Å². The molecule has 0 saturated heterocycles. The largest absolute Gasteiger partial charge is 0.293 e. The normalized spacial score (nSPS) is 12.2. The summed E-state index contributed by atoms with van der Waals surface area (Å²) in [7, 11) is 0. The number of rotatable bonds is 5. The highest BCUT2D eigenvalue weighted by Gasteiger charge is 2.16. The van der Waals surface area contributed by atoms with Gasteiger partial charge in [0.2, 0.25) is 0 Å². The van der Waals surface area contributed by atoms with Gasteiger partial charge < -0.3 is 0 Å². The zero-order valence-corrected chi connectivity index (χ0v) is 14.0. The van der Waals surface area contributed by atoms with Crippen molar-refractivity contribution in [3.05, 3.63) is 70.3 Å². The highest BCUT2D eigenvalue weighted by molar-refractivity contribution is 7.99. The van der Waals surface area contributed by atoms with Crippen molar-refractivity contribution in [1.82, 2.24) is 0 Å². The van der Waals surface area contributed by atoms with Crippen molar-refractivity contribution in [3.8, 4) is 0 Å². The van der Waals surface area contributed by atoms with E-state index in [2.05, 4.69) is 39.0 Å². The first-order valence-electron chi connectivity index (χ1n) is 7.26. The Morgan fingerprint density at radius 3 is 2.38 bits per heavy atom. The van der Waals surface area contributed by atoms with Gasteiger partial charge in [0.1, 0.15) is 0 Å². The fourth-order valence-corrected chi connectivity index (χ4v) is 3.23. The lowest BCUT2D eigenvalue weighted by Gasteiger charge is -2.12. The smallest absolute Gasteiger partial charge is 0.175 e. The summed E-state index contributed by atoms with van der Waals surface area (Å²) in [6.45, 7) is 8.24. The monoisotopic (exact) mass is 298 g/mol. The van der Waals surface area contributed by atoms with Crippen LogP contribution in [0.2, 0.25) is 0 Å². The van der Waals surface area contributed by atoms with Crippen molar-refractivity contribution in [2.45, 2.75) is 38.7 Å². The predicted octanol–water partition coefficient (Wildman–Crippen LogP) is 5.12. The van der Waals surface area contributed by atoms with E-state index in [1.54, 1.807) is 11.8 Å². The average molecular weight is 298 g/mol. The molecule has 1 unspecified atom stereocenters. The standard InChI is InChI=1S/C19H22OS/c1-13-9-10-17(11-15(13)3)19(20)16(4)21-12-18-8-6-5-7-14(18)2/h5-11,16H,12H2,1-4H3. The second kappa shape index (κ2) is 6.95. The third kappa shape index (κ3) is 3.98. The number of hydrogen-bond donors (Lipinski definition) is 0. The van der Waals surface area contributed by atoms with E-state index < -0.39 is 0 Å². The van der Waals surface area contributed by atoms with Crippen LogP contribution >= 0.6 is 11.8 Å². The van der Waals surface area contributed by atoms with E-state index >= 15 is 0 Å². The number of Topliss-reactive ketones (excluding diaryl/α,β-unsaturated/α-hetero) is 1. The number of aryl methyl sites for hydroxylation is 3. The minimum absolute atomic E-state index is 0.0216. The molecule has 1 atom stereocenters. The summed E-state index contributed by atoms with van der Waals surface area (Å²) < 4.78 is 0. The van der Waals surface area contributed by atoms with Gasteiger partial charge in [0, 0.05) is 11.3 Å². The molecule has 0 N–H and O–H groups in total. The first-order chi connectivity index (χ1) is 9.99. The zero-order valence-electron chi connectivity index (χ0n) is 13.1. The number of ketones is 1. The van der Waals surface area contributed by atoms with Gasteiger partial charge in [0.15, 0.2) is 5.78 Å². The Morgan fingerprint density at radius 1 is 1.00 bits per heavy atom. The Hall–Kier alpha value is -1.54. The fraction of sp³-hybridized carbons (Fsp3) is 0.316. The van der Waals surface area contributed by atoms with Crippen molar-refractivity contribution < 1.29 is 4.79 Å². The van der Waals surface area contributed by atoms with Gasteiger partial charge in [-0.05, 0) is 56.0 Å². The molecule has 2 aromatic carbocycles. The van der Waals surface area contributed by atoms with Crippen molar-refractivity contribution in [1.29, 1.82) is 0 Å². The van der Waals surface area contributed by atoms with Crippen LogP contribution in [0.1, 0.15) is 39.5 Å². The molecule has 0 spiro atoms. The SMILES string of the molecule is Cc1ccc(C(=O)C(C)SCc2ccccc2C)cc1C. The predicted molar refractivity (Wildman–Crippen MR) is 92.2 cm³/mol. The molecule has 0 aliphatic rings. The van der Waals surface area contributed by atoms with Crippen LogP contribution in [0.25, 0.3) is 0 Å². The maximum Gasteiger partial charge on any atom is 0.175 e. The molecule has 21 heavy (non-hydrogen) atoms. The maximum absolute atomic E-state index is 12.5. The van der Waals surface area contributed by atoms with E-state index in [4.69, 9.17) is 0 Å². The molecule has 2 aromatic rings. The van der Waals surface area contributed by atoms with Crippen LogP contribution in [-0.4, -0.2) is 11.0 Å². The van der Waals surface area contributed by atoms with Gasteiger partial charge in [-0.1, -0.05) is 36.4 Å². The van der Waals surface area contributed by atoms with E-state index in [1.807, 2.05) is 31.2 Å². The summed E-state index contributed by atoms with van der Waals surface area (Å²) in [6, 6.07) is 14.3. The topological polar surface area (TPSA) is 17.1 Å². The number of thioether (sulfide) groups is 1. The molecule has 2 heteroatoms. The lowest BCUT2D eigenvalue weighted by atomic mass is 10.0. The van der Waals surface area contributed by atoms with Crippen LogP contribution < -0.4 is 0 Å². The van der Waals surface area contributed by atoms with Gasteiger partial charge in [-0.2, -0.15) is 0 Å². The van der Waals surface area contributed by atoms with Gasteiger partial charge in [-0.15, -0.1) is 11.8 Å². The Balaban J connectivity index is 2.03. The Morgan fingerprint density at radius 2 is 1.71 bits per heavy atom. The highest BCUT2D eigenvalue weighted by Crippen LogP contribution is 2.23. The van der Waals surface area contributed by atoms with Crippen molar-refractivity contribution in [2.75, 3.05) is 0 Å². The Kier molecular flexibility index (Phi) is 5.24. The molecule has 0 heterocycles. The number of carbonyl (C=O) groups excluding carboxylic acids is 1. The summed E-state index contributed by atoms with van der Waals surface area (Å²) in [5, 5.41) is -0.0216. The first-order valence-corrected chi connectivity index (χ1v) is 8.31. The van der Waals surface area contributed by atoms with Crippen LogP contribution in [0.5, 0.6) is 0 Å². The third-order valence-corrected chi connectivity index (χ3v) is 5.10. The van der Waals surface area contributed by atoms with Gasteiger partial charge in [0.25, 0.3) is 0 Å². The minimum atomic E-state index is -0.0216. The Labute approximate surface area is 131 Å². The number of benzene rings is 2. The molecule has 0 aromatic heterocycles. The lowest BCUT2D eigenvalue weighted by molar-refractivity contribution is 0.0994. The van der Waals surface area contributed by atoms with Gasteiger partial charge in [0.05, 0.1) is 5.25 Å². The summed E-state index contributed by atoms with van der Waals surface area (Å²) in [6.07, 6.45) is 0. The fourth-order valence-electron chi connectivity index (χ4n) is 2.19. The van der Waals surface area contributed by atoms with E-state index in [-0.39, 0.29) is 11.0 Å². The van der Waals surface area contributed by atoms with Crippen molar-refractivity contribution in [2.24, 2.45) is 0 Å². The minimum Gasteiger partial charge on any atom is -0.293 e. The Bertz CT molecular complexity index is 646. The van der Waals surface area contributed by atoms with Gasteiger partial charge in [-0.3, -0.25) is 4.79 Å². The van der Waals surface area contributed by atoms with Crippen molar-refractivity contribution in [3.63, 3.8) is 0 Å². The molecular formula is C19H22OS. The molecule has 1 nitrogen and oxygen atoms in total. The van der Waals surface area contributed by atoms with Crippen LogP contribution in [-0.2, 0) is 5.75 Å². The van der Waals surface area contributed by atoms with Crippen molar-refractivity contribution >= 4 is 17.5 Å². The molecule has 2 rings (SSSR count). The quantitative estimate of drug-likeness (QED) is 0.713. The zero-order chi connectivity index (χ0) is 15.4. The summed E-state index contributed by atoms with van der Waals surface area (Å²) in [4.78, 5) is 12.5. The molecule has 110 valence electrons. The molecular weight excluding hydrogens is 276 g/mol. The van der Waals surface area contributed by atoms with Crippen LogP contribution in [0.4, 0.5) is 0 Å². The summed E-state index contributed by atoms with van der Waals surface area (Å²) in [5.74, 6) is 1.10. The van der Waals surface area contributed by atoms with Crippen LogP contribution in [0, 0.1) is 20.8 Å². The summed E-state index contributed by atoms with van der Waals surface area (Å²) in [5.41, 5.74) is 5.82. The molecule has 0 bridgehead atoms. The van der Waals surface area contributed by atoms with Gasteiger partial charge in [-0.25, -0.2) is 0 Å². The average Bonchev–Trinajstić information content (AvgIpc) is 2.48. The maximum atomic E-state index is 12.5. The molecule has 0 amide bonds. The van der Waals surface area contributed by atoms with Gasteiger partial charge >= 0.3 is 0 Å². The summed E-state index contributed by atoms with van der Waals surface area (Å²) >= 11 is 1.71. The molecule has 0 saturated carbocycles. The third-order valence-electron chi connectivity index (χ3n) is 3.91. The highest BCUT2D eigenvalue weighted by atomic mass is 32.2. The molecule has 0 aliphatic heterocycles. The molecule has 0 radical (unpaired) electrons. The van der Waals surface area contributed by atoms with Crippen LogP contribution in [0.15, 0.2) is 42.5 Å². The number of carbonyl (C=O) groups is 1. The second-order valence-corrected chi connectivity index (χ2v) is 6.87. The number of hydrogen-bond acceptors (Lipinski definition) is 2.